The van der Waals surface area contributed by atoms with Crippen molar-refractivity contribution >= 4 is 0 Å². The lowest BCUT2D eigenvalue weighted by Gasteiger charge is -2.20. The van der Waals surface area contributed by atoms with E-state index in [2.05, 4.69) is 26.2 Å². The van der Waals surface area contributed by atoms with Crippen LogP contribution in [0.15, 0.2) is 16.7 Å². The summed E-state index contributed by atoms with van der Waals surface area (Å²) in [5.74, 6) is 7.26. The number of rotatable bonds is 6. The van der Waals surface area contributed by atoms with E-state index in [4.69, 9.17) is 10.3 Å². The Morgan fingerprint density at radius 1 is 1.40 bits per heavy atom. The van der Waals surface area contributed by atoms with Gasteiger partial charge >= 0.3 is 0 Å². The average Bonchev–Trinajstić information content (AvgIpc) is 2.67. The van der Waals surface area contributed by atoms with Crippen molar-refractivity contribution in [2.75, 3.05) is 0 Å². The lowest BCUT2D eigenvalue weighted by molar-refractivity contribution is 0.330. The van der Waals surface area contributed by atoms with Gasteiger partial charge in [0.1, 0.15) is 5.76 Å². The summed E-state index contributed by atoms with van der Waals surface area (Å²) in [4.78, 5) is 0. The van der Waals surface area contributed by atoms with Crippen molar-refractivity contribution in [3.05, 3.63) is 23.7 Å². The van der Waals surface area contributed by atoms with E-state index >= 15 is 0 Å². The number of nitrogens with one attached hydrogen (secondary N) is 1. The quantitative estimate of drug-likeness (QED) is 0.560. The molecule has 1 rings (SSSR count). The van der Waals surface area contributed by atoms with Crippen LogP contribution in [0.5, 0.6) is 0 Å². The van der Waals surface area contributed by atoms with E-state index in [-0.39, 0.29) is 6.04 Å². The molecule has 0 saturated heterocycles. The van der Waals surface area contributed by atoms with Crippen molar-refractivity contribution in [1.82, 2.24) is 5.43 Å². The number of aryl methyl sites for hydroxylation is 1. The van der Waals surface area contributed by atoms with Crippen LogP contribution in [0, 0.1) is 12.8 Å². The van der Waals surface area contributed by atoms with E-state index in [0.717, 1.165) is 12.2 Å². The first kappa shape index (κ1) is 12.3. The summed E-state index contributed by atoms with van der Waals surface area (Å²) in [6.07, 6.45) is 5.14. The molecule has 0 fully saturated rings. The van der Waals surface area contributed by atoms with Crippen LogP contribution in [0.4, 0.5) is 0 Å². The molecule has 3 heteroatoms. The normalized spacial score (nSPS) is 13.4. The maximum atomic E-state index is 5.58. The second-order valence-corrected chi connectivity index (χ2v) is 4.11. The third-order valence-electron chi connectivity index (χ3n) is 3.14. The Labute approximate surface area is 92.0 Å². The molecule has 15 heavy (non-hydrogen) atoms. The molecule has 1 atom stereocenters. The second-order valence-electron chi connectivity index (χ2n) is 4.11. The zero-order valence-corrected chi connectivity index (χ0v) is 9.92. The Morgan fingerprint density at radius 2 is 2.07 bits per heavy atom. The molecular formula is C12H22N2O. The van der Waals surface area contributed by atoms with Crippen LogP contribution in [-0.4, -0.2) is 0 Å². The Balaban J connectivity index is 2.68. The van der Waals surface area contributed by atoms with Crippen molar-refractivity contribution in [2.45, 2.75) is 46.1 Å². The van der Waals surface area contributed by atoms with Crippen LogP contribution in [0.3, 0.4) is 0 Å². The largest absolute Gasteiger partial charge is 0.467 e. The fraction of sp³-hybridized carbons (Fsp3) is 0.667. The Hall–Kier alpha value is -0.800. The van der Waals surface area contributed by atoms with Gasteiger partial charge in [-0.1, -0.05) is 26.7 Å². The summed E-state index contributed by atoms with van der Waals surface area (Å²) < 4.78 is 5.46. The molecule has 86 valence electrons. The third-order valence-corrected chi connectivity index (χ3v) is 3.14. The van der Waals surface area contributed by atoms with Crippen LogP contribution in [0.25, 0.3) is 0 Å². The average molecular weight is 210 g/mol. The molecule has 0 spiro atoms. The molecule has 0 saturated carbocycles. The topological polar surface area (TPSA) is 51.2 Å². The maximum absolute atomic E-state index is 5.58. The number of hydrogen-bond acceptors (Lipinski definition) is 3. The van der Waals surface area contributed by atoms with Gasteiger partial charge in [-0.05, 0) is 30.9 Å². The van der Waals surface area contributed by atoms with Crippen molar-refractivity contribution in [3.8, 4) is 0 Å². The molecule has 0 radical (unpaired) electrons. The Kier molecular flexibility index (Phi) is 4.85. The highest BCUT2D eigenvalue weighted by atomic mass is 16.3. The van der Waals surface area contributed by atoms with Gasteiger partial charge in [-0.15, -0.1) is 0 Å². The Morgan fingerprint density at radius 3 is 2.47 bits per heavy atom. The highest BCUT2D eigenvalue weighted by Gasteiger charge is 2.18. The van der Waals surface area contributed by atoms with Crippen LogP contribution in [0.1, 0.15) is 50.5 Å². The maximum Gasteiger partial charge on any atom is 0.124 e. The lowest BCUT2D eigenvalue weighted by atomic mass is 9.93. The summed E-state index contributed by atoms with van der Waals surface area (Å²) >= 11 is 0. The summed E-state index contributed by atoms with van der Waals surface area (Å²) in [7, 11) is 0. The highest BCUT2D eigenvalue weighted by molar-refractivity contribution is 5.18. The summed E-state index contributed by atoms with van der Waals surface area (Å²) in [5, 5.41) is 0. The lowest BCUT2D eigenvalue weighted by Crippen LogP contribution is -2.29. The number of hydrazine groups is 1. The van der Waals surface area contributed by atoms with Crippen molar-refractivity contribution in [2.24, 2.45) is 11.8 Å². The van der Waals surface area contributed by atoms with Crippen molar-refractivity contribution in [3.63, 3.8) is 0 Å². The summed E-state index contributed by atoms with van der Waals surface area (Å²) in [6.45, 7) is 6.49. The van der Waals surface area contributed by atoms with Gasteiger partial charge in [0.15, 0.2) is 0 Å². The molecule has 0 bridgehead atoms. The fourth-order valence-corrected chi connectivity index (χ4v) is 1.95. The molecule has 1 heterocycles. The molecule has 3 nitrogen and oxygen atoms in total. The monoisotopic (exact) mass is 210 g/mol. The zero-order chi connectivity index (χ0) is 11.3. The molecule has 0 amide bonds. The molecule has 1 unspecified atom stereocenters. The van der Waals surface area contributed by atoms with Crippen LogP contribution in [-0.2, 0) is 0 Å². The third kappa shape index (κ3) is 3.08. The van der Waals surface area contributed by atoms with E-state index in [1.165, 1.54) is 18.4 Å². The number of nitrogens with two attached hydrogens (primary N) is 1. The summed E-state index contributed by atoms with van der Waals surface area (Å²) in [6, 6.07) is 2.12. The molecule has 0 aliphatic carbocycles. The van der Waals surface area contributed by atoms with E-state index in [0.29, 0.717) is 5.92 Å². The second kappa shape index (κ2) is 5.93. The zero-order valence-electron chi connectivity index (χ0n) is 9.92. The van der Waals surface area contributed by atoms with E-state index in [1.54, 1.807) is 6.26 Å². The molecule has 0 aromatic carbocycles. The van der Waals surface area contributed by atoms with E-state index in [1.807, 2.05) is 6.07 Å². The predicted octanol–water partition coefficient (Wildman–Crippen LogP) is 2.92. The molecule has 0 aliphatic rings. The van der Waals surface area contributed by atoms with Crippen LogP contribution >= 0.6 is 0 Å². The molecule has 0 aliphatic heterocycles. The molecule has 3 N–H and O–H groups in total. The van der Waals surface area contributed by atoms with Gasteiger partial charge in [0.05, 0.1) is 12.3 Å². The minimum absolute atomic E-state index is 0.143. The van der Waals surface area contributed by atoms with E-state index in [9.17, 15) is 0 Å². The molecule has 1 aromatic rings. The van der Waals surface area contributed by atoms with E-state index < -0.39 is 0 Å². The first-order valence-electron chi connectivity index (χ1n) is 5.73. The van der Waals surface area contributed by atoms with Gasteiger partial charge in [0.2, 0.25) is 0 Å². The number of furan rings is 1. The van der Waals surface area contributed by atoms with Gasteiger partial charge in [-0.25, -0.2) is 5.43 Å². The summed E-state index contributed by atoms with van der Waals surface area (Å²) in [5.41, 5.74) is 4.02. The molecule has 1 aromatic heterocycles. The van der Waals surface area contributed by atoms with Gasteiger partial charge in [-0.3, -0.25) is 5.84 Å². The SMILES string of the molecule is CCC(CC)CC(NN)c1occc1C. The molecular weight excluding hydrogens is 188 g/mol. The van der Waals surface area contributed by atoms with Gasteiger partial charge < -0.3 is 4.42 Å². The fourth-order valence-electron chi connectivity index (χ4n) is 1.95. The number of hydrogen-bond donors (Lipinski definition) is 2. The Bertz CT molecular complexity index is 279. The van der Waals surface area contributed by atoms with Crippen molar-refractivity contribution < 1.29 is 4.42 Å². The minimum atomic E-state index is 0.143. The van der Waals surface area contributed by atoms with Gasteiger partial charge in [0, 0.05) is 0 Å². The minimum Gasteiger partial charge on any atom is -0.467 e. The highest BCUT2D eigenvalue weighted by Crippen LogP contribution is 2.27. The van der Waals surface area contributed by atoms with Gasteiger partial charge in [-0.2, -0.15) is 0 Å². The first-order chi connectivity index (χ1) is 7.22. The van der Waals surface area contributed by atoms with Crippen LogP contribution in [0.2, 0.25) is 0 Å². The smallest absolute Gasteiger partial charge is 0.124 e. The van der Waals surface area contributed by atoms with Crippen LogP contribution < -0.4 is 11.3 Å². The first-order valence-corrected chi connectivity index (χ1v) is 5.73. The predicted molar refractivity (Wildman–Crippen MR) is 62.2 cm³/mol. The van der Waals surface area contributed by atoms with Crippen molar-refractivity contribution in [1.29, 1.82) is 0 Å². The van der Waals surface area contributed by atoms with Gasteiger partial charge in [0.25, 0.3) is 0 Å². The standard InChI is InChI=1S/C12H22N2O/c1-4-10(5-2)8-11(14-13)12-9(3)6-7-15-12/h6-7,10-11,14H,4-5,8,13H2,1-3H3.